The van der Waals surface area contributed by atoms with E-state index in [1.807, 2.05) is 60.7 Å². The van der Waals surface area contributed by atoms with Gasteiger partial charge in [-0.05, 0) is 73.5 Å². The zero-order valence-electron chi connectivity index (χ0n) is 16.2. The first-order valence-electron chi connectivity index (χ1n) is 9.18. The molecule has 0 unspecified atom stereocenters. The van der Waals surface area contributed by atoms with Crippen LogP contribution in [0.15, 0.2) is 82.3 Å². The maximum absolute atomic E-state index is 6.22. The second-order valence-corrected chi connectivity index (χ2v) is 6.75. The third-order valence-electron chi connectivity index (χ3n) is 4.81. The SMILES string of the molecule is COc1ccc(-c2c/c(=N\Nc3ccccc3)c3cc(C)c(C)cc3o2)cc1. The van der Waals surface area contributed by atoms with E-state index in [1.54, 1.807) is 7.11 Å². The molecule has 1 heterocycles. The summed E-state index contributed by atoms with van der Waals surface area (Å²) in [5, 5.41) is 6.47. The minimum Gasteiger partial charge on any atom is -0.497 e. The number of rotatable bonds is 4. The van der Waals surface area contributed by atoms with Gasteiger partial charge in [0, 0.05) is 17.0 Å². The molecule has 0 amide bonds. The lowest BCUT2D eigenvalue weighted by molar-refractivity contribution is 0.415. The Bertz CT molecular complexity index is 1180. The van der Waals surface area contributed by atoms with Crippen molar-refractivity contribution in [2.45, 2.75) is 13.8 Å². The lowest BCUT2D eigenvalue weighted by Crippen LogP contribution is -2.08. The maximum atomic E-state index is 6.22. The number of anilines is 1. The Labute approximate surface area is 164 Å². The minimum atomic E-state index is 0.756. The smallest absolute Gasteiger partial charge is 0.137 e. The van der Waals surface area contributed by atoms with Crippen LogP contribution in [0, 0.1) is 13.8 Å². The van der Waals surface area contributed by atoms with Gasteiger partial charge in [0.25, 0.3) is 0 Å². The van der Waals surface area contributed by atoms with Crippen LogP contribution in [0.2, 0.25) is 0 Å². The second kappa shape index (κ2) is 7.61. The summed E-state index contributed by atoms with van der Waals surface area (Å²) in [6.07, 6.45) is 0. The first-order chi connectivity index (χ1) is 13.6. The van der Waals surface area contributed by atoms with E-state index in [0.717, 1.165) is 39.1 Å². The highest BCUT2D eigenvalue weighted by Crippen LogP contribution is 2.25. The number of hydrogen-bond donors (Lipinski definition) is 1. The summed E-state index contributed by atoms with van der Waals surface area (Å²) in [5.41, 5.74) is 8.25. The van der Waals surface area contributed by atoms with Crippen molar-refractivity contribution in [3.63, 3.8) is 0 Å². The molecule has 0 spiro atoms. The topological polar surface area (TPSA) is 46.8 Å². The summed E-state index contributed by atoms with van der Waals surface area (Å²) in [4.78, 5) is 0. The van der Waals surface area contributed by atoms with Gasteiger partial charge in [0.15, 0.2) is 0 Å². The summed E-state index contributed by atoms with van der Waals surface area (Å²) < 4.78 is 11.5. The highest BCUT2D eigenvalue weighted by atomic mass is 16.5. The Kier molecular flexibility index (Phi) is 4.85. The number of benzene rings is 3. The van der Waals surface area contributed by atoms with Crippen molar-refractivity contribution in [3.05, 3.63) is 89.3 Å². The van der Waals surface area contributed by atoms with Crippen LogP contribution in [-0.2, 0) is 0 Å². The molecule has 140 valence electrons. The third-order valence-corrected chi connectivity index (χ3v) is 4.81. The van der Waals surface area contributed by atoms with Crippen molar-refractivity contribution in [2.75, 3.05) is 12.5 Å². The van der Waals surface area contributed by atoms with Crippen LogP contribution in [0.1, 0.15) is 11.1 Å². The van der Waals surface area contributed by atoms with E-state index >= 15 is 0 Å². The fourth-order valence-electron chi connectivity index (χ4n) is 3.05. The highest BCUT2D eigenvalue weighted by Gasteiger charge is 2.08. The Morgan fingerprint density at radius 3 is 2.29 bits per heavy atom. The third kappa shape index (κ3) is 3.62. The summed E-state index contributed by atoms with van der Waals surface area (Å²) in [6, 6.07) is 23.9. The Balaban J connectivity index is 1.88. The fraction of sp³-hybridized carbons (Fsp3) is 0.125. The molecular formula is C24H22N2O2. The van der Waals surface area contributed by atoms with Crippen molar-refractivity contribution < 1.29 is 9.15 Å². The fourth-order valence-corrected chi connectivity index (χ4v) is 3.05. The van der Waals surface area contributed by atoms with E-state index in [2.05, 4.69) is 36.5 Å². The molecule has 4 aromatic rings. The van der Waals surface area contributed by atoms with Gasteiger partial charge in [-0.25, -0.2) is 0 Å². The number of nitrogens with zero attached hydrogens (tertiary/aromatic N) is 1. The van der Waals surface area contributed by atoms with Gasteiger partial charge < -0.3 is 9.15 Å². The van der Waals surface area contributed by atoms with Gasteiger partial charge in [-0.1, -0.05) is 18.2 Å². The summed E-state index contributed by atoms with van der Waals surface area (Å²) in [6.45, 7) is 4.18. The molecule has 0 saturated heterocycles. The zero-order valence-corrected chi connectivity index (χ0v) is 16.2. The molecule has 3 aromatic carbocycles. The number of para-hydroxylation sites is 1. The molecule has 1 N–H and O–H groups in total. The van der Waals surface area contributed by atoms with Crippen LogP contribution in [0.5, 0.6) is 5.75 Å². The van der Waals surface area contributed by atoms with Crippen molar-refractivity contribution >= 4 is 16.7 Å². The van der Waals surface area contributed by atoms with Crippen LogP contribution in [0.3, 0.4) is 0 Å². The maximum Gasteiger partial charge on any atom is 0.137 e. The number of fused-ring (bicyclic) bond motifs is 1. The van der Waals surface area contributed by atoms with Gasteiger partial charge in [0.2, 0.25) is 0 Å². The molecule has 0 bridgehead atoms. The molecular weight excluding hydrogens is 348 g/mol. The van der Waals surface area contributed by atoms with Crippen molar-refractivity contribution in [1.29, 1.82) is 0 Å². The van der Waals surface area contributed by atoms with Gasteiger partial charge in [-0.2, -0.15) is 5.10 Å². The molecule has 0 fully saturated rings. The van der Waals surface area contributed by atoms with Crippen molar-refractivity contribution in [3.8, 4) is 17.1 Å². The number of ether oxygens (including phenoxy) is 1. The van der Waals surface area contributed by atoms with Crippen LogP contribution in [0.25, 0.3) is 22.3 Å². The highest BCUT2D eigenvalue weighted by molar-refractivity contribution is 5.80. The van der Waals surface area contributed by atoms with Crippen LogP contribution < -0.4 is 15.5 Å². The first-order valence-corrected chi connectivity index (χ1v) is 9.18. The van der Waals surface area contributed by atoms with E-state index in [0.29, 0.717) is 0 Å². The Hall–Kier alpha value is -3.53. The largest absolute Gasteiger partial charge is 0.497 e. The van der Waals surface area contributed by atoms with E-state index in [9.17, 15) is 0 Å². The number of methoxy groups -OCH3 is 1. The minimum absolute atomic E-state index is 0.756. The predicted octanol–water partition coefficient (Wildman–Crippen LogP) is 5.65. The summed E-state index contributed by atoms with van der Waals surface area (Å²) in [5.74, 6) is 1.57. The molecule has 28 heavy (non-hydrogen) atoms. The standard InChI is InChI=1S/C24H22N2O2/c1-16-13-21-22(26-25-19-7-5-4-6-8-19)15-23(28-24(21)14-17(16)2)18-9-11-20(27-3)12-10-18/h4-15,25H,1-3H3/b26-22+. The molecule has 0 aliphatic heterocycles. The molecule has 0 saturated carbocycles. The molecule has 4 rings (SSSR count). The second-order valence-electron chi connectivity index (χ2n) is 6.75. The average molecular weight is 370 g/mol. The van der Waals surface area contributed by atoms with E-state index in [4.69, 9.17) is 9.15 Å². The molecule has 0 aliphatic carbocycles. The van der Waals surface area contributed by atoms with Crippen LogP contribution in [0.4, 0.5) is 5.69 Å². The van der Waals surface area contributed by atoms with Crippen LogP contribution in [-0.4, -0.2) is 7.11 Å². The monoisotopic (exact) mass is 370 g/mol. The van der Waals surface area contributed by atoms with Crippen molar-refractivity contribution in [1.82, 2.24) is 0 Å². The van der Waals surface area contributed by atoms with Gasteiger partial charge in [-0.3, -0.25) is 5.43 Å². The van der Waals surface area contributed by atoms with E-state index in [-0.39, 0.29) is 0 Å². The normalized spacial score (nSPS) is 11.6. The number of hydrogen-bond acceptors (Lipinski definition) is 4. The average Bonchev–Trinajstić information content (AvgIpc) is 2.74. The van der Waals surface area contributed by atoms with Crippen molar-refractivity contribution in [2.24, 2.45) is 5.10 Å². The number of aryl methyl sites for hydroxylation is 2. The van der Waals surface area contributed by atoms with Gasteiger partial charge in [0.1, 0.15) is 17.1 Å². The molecule has 0 radical (unpaired) electrons. The van der Waals surface area contributed by atoms with E-state index in [1.165, 1.54) is 11.1 Å². The van der Waals surface area contributed by atoms with Gasteiger partial charge >= 0.3 is 0 Å². The lowest BCUT2D eigenvalue weighted by atomic mass is 10.1. The lowest BCUT2D eigenvalue weighted by Gasteiger charge is -2.09. The number of nitrogens with one attached hydrogen (secondary N) is 1. The predicted molar refractivity (Wildman–Crippen MR) is 113 cm³/mol. The van der Waals surface area contributed by atoms with Gasteiger partial charge in [-0.15, -0.1) is 0 Å². The Morgan fingerprint density at radius 2 is 1.57 bits per heavy atom. The summed E-state index contributed by atoms with van der Waals surface area (Å²) in [7, 11) is 1.66. The van der Waals surface area contributed by atoms with Gasteiger partial charge in [0.05, 0.1) is 18.2 Å². The summed E-state index contributed by atoms with van der Waals surface area (Å²) >= 11 is 0. The van der Waals surface area contributed by atoms with E-state index < -0.39 is 0 Å². The first kappa shape index (κ1) is 17.9. The molecule has 4 nitrogen and oxygen atoms in total. The molecule has 0 atom stereocenters. The molecule has 4 heteroatoms. The zero-order chi connectivity index (χ0) is 19.5. The quantitative estimate of drug-likeness (QED) is 0.472. The molecule has 0 aliphatic rings. The Morgan fingerprint density at radius 1 is 0.857 bits per heavy atom. The van der Waals surface area contributed by atoms with Crippen LogP contribution >= 0.6 is 0 Å². The molecule has 1 aromatic heterocycles.